The molecule has 0 atom stereocenters. The van der Waals surface area contributed by atoms with Crippen LogP contribution in [0, 0.1) is 5.41 Å². The van der Waals surface area contributed by atoms with Gasteiger partial charge in [0.2, 0.25) is 5.91 Å². The van der Waals surface area contributed by atoms with Crippen molar-refractivity contribution in [2.24, 2.45) is 16.1 Å². The molecule has 0 heterocycles. The van der Waals surface area contributed by atoms with Gasteiger partial charge in [0.05, 0.1) is 12.2 Å². The average Bonchev–Trinajstić information content (AvgIpc) is 2.41. The zero-order valence-corrected chi connectivity index (χ0v) is 12.9. The summed E-state index contributed by atoms with van der Waals surface area (Å²) in [6.07, 6.45) is 1.83. The van der Waals surface area contributed by atoms with E-state index in [1.54, 1.807) is 0 Å². The Morgan fingerprint density at radius 2 is 1.95 bits per heavy atom. The van der Waals surface area contributed by atoms with Gasteiger partial charge < -0.3 is 11.1 Å². The highest BCUT2D eigenvalue weighted by Crippen LogP contribution is 2.37. The van der Waals surface area contributed by atoms with Gasteiger partial charge in [-0.3, -0.25) is 9.79 Å². The largest absolute Gasteiger partial charge is 0.379 e. The van der Waals surface area contributed by atoms with E-state index in [1.807, 2.05) is 30.3 Å². The smallest absolute Gasteiger partial charge is 0.236 e. The van der Waals surface area contributed by atoms with Crippen LogP contribution in [0.5, 0.6) is 0 Å². The molecule has 3 N–H and O–H groups in total. The second kappa shape index (κ2) is 6.12. The Labute approximate surface area is 126 Å². The van der Waals surface area contributed by atoms with E-state index in [0.29, 0.717) is 0 Å². The molecule has 0 bridgehead atoms. The SMILES string of the molecule is CC1=C(NCC(N)=O)CC(C)(C)CC1=Nc1ccccc1. The number of carbonyl (C=O) groups excluding carboxylic acids is 1. The maximum absolute atomic E-state index is 11.0. The van der Waals surface area contributed by atoms with Crippen LogP contribution in [0.3, 0.4) is 0 Å². The second-order valence-electron chi connectivity index (χ2n) is 6.34. The average molecular weight is 285 g/mol. The molecule has 1 amide bonds. The third-order valence-corrected chi connectivity index (χ3v) is 3.68. The Kier molecular flexibility index (Phi) is 4.46. The van der Waals surface area contributed by atoms with E-state index in [0.717, 1.165) is 35.5 Å². The molecular weight excluding hydrogens is 262 g/mol. The number of hydrogen-bond acceptors (Lipinski definition) is 3. The van der Waals surface area contributed by atoms with Crippen molar-refractivity contribution in [3.05, 3.63) is 41.6 Å². The maximum Gasteiger partial charge on any atom is 0.236 e. The van der Waals surface area contributed by atoms with E-state index in [-0.39, 0.29) is 17.9 Å². The third kappa shape index (κ3) is 4.18. The zero-order valence-electron chi connectivity index (χ0n) is 12.9. The summed E-state index contributed by atoms with van der Waals surface area (Å²) in [4.78, 5) is 15.8. The lowest BCUT2D eigenvalue weighted by Crippen LogP contribution is -2.34. The molecule has 112 valence electrons. The van der Waals surface area contributed by atoms with Crippen molar-refractivity contribution in [2.45, 2.75) is 33.6 Å². The molecule has 1 aliphatic rings. The van der Waals surface area contributed by atoms with Crippen molar-refractivity contribution in [2.75, 3.05) is 6.54 Å². The summed E-state index contributed by atoms with van der Waals surface area (Å²) in [7, 11) is 0. The first-order valence-corrected chi connectivity index (χ1v) is 7.22. The van der Waals surface area contributed by atoms with E-state index in [4.69, 9.17) is 10.7 Å². The molecule has 0 radical (unpaired) electrons. The number of allylic oxidation sites excluding steroid dienone is 2. The number of nitrogens with one attached hydrogen (secondary N) is 1. The quantitative estimate of drug-likeness (QED) is 0.893. The van der Waals surface area contributed by atoms with Crippen molar-refractivity contribution in [3.63, 3.8) is 0 Å². The van der Waals surface area contributed by atoms with Gasteiger partial charge in [-0.1, -0.05) is 32.0 Å². The Hall–Kier alpha value is -2.10. The molecule has 21 heavy (non-hydrogen) atoms. The highest BCUT2D eigenvalue weighted by Gasteiger charge is 2.29. The summed E-state index contributed by atoms with van der Waals surface area (Å²) < 4.78 is 0. The van der Waals surface area contributed by atoms with Crippen molar-refractivity contribution in [1.29, 1.82) is 0 Å². The number of para-hydroxylation sites is 1. The molecule has 0 spiro atoms. The lowest BCUT2D eigenvalue weighted by atomic mass is 9.75. The summed E-state index contributed by atoms with van der Waals surface area (Å²) in [5.74, 6) is -0.347. The van der Waals surface area contributed by atoms with Crippen LogP contribution in [0.4, 0.5) is 5.69 Å². The molecule has 1 aliphatic carbocycles. The van der Waals surface area contributed by atoms with Crippen LogP contribution >= 0.6 is 0 Å². The lowest BCUT2D eigenvalue weighted by Gasteiger charge is -2.33. The number of aliphatic imine (C=N–C) groups is 1. The Bertz CT molecular complexity index is 585. The van der Waals surface area contributed by atoms with E-state index >= 15 is 0 Å². The van der Waals surface area contributed by atoms with Crippen LogP contribution in [0.1, 0.15) is 33.6 Å². The van der Waals surface area contributed by atoms with Crippen LogP contribution < -0.4 is 11.1 Å². The molecular formula is C17H23N3O. The normalized spacial score (nSPS) is 19.7. The fourth-order valence-corrected chi connectivity index (χ4v) is 2.60. The van der Waals surface area contributed by atoms with Gasteiger partial charge in [-0.15, -0.1) is 0 Å². The number of primary amides is 1. The molecule has 0 aliphatic heterocycles. The number of nitrogens with two attached hydrogens (primary N) is 1. The predicted molar refractivity (Wildman–Crippen MR) is 86.4 cm³/mol. The number of carbonyl (C=O) groups is 1. The summed E-state index contributed by atoms with van der Waals surface area (Å²) in [6, 6.07) is 9.95. The summed E-state index contributed by atoms with van der Waals surface area (Å²) >= 11 is 0. The van der Waals surface area contributed by atoms with Crippen LogP contribution in [-0.4, -0.2) is 18.2 Å². The fraction of sp³-hybridized carbons (Fsp3) is 0.412. The van der Waals surface area contributed by atoms with Crippen LogP contribution in [-0.2, 0) is 4.79 Å². The molecule has 0 saturated carbocycles. The van der Waals surface area contributed by atoms with Crippen LogP contribution in [0.25, 0.3) is 0 Å². The summed E-state index contributed by atoms with van der Waals surface area (Å²) in [6.45, 7) is 6.65. The van der Waals surface area contributed by atoms with Gasteiger partial charge in [0.15, 0.2) is 0 Å². The van der Waals surface area contributed by atoms with Gasteiger partial charge >= 0.3 is 0 Å². The molecule has 0 aromatic heterocycles. The van der Waals surface area contributed by atoms with Gasteiger partial charge in [0.1, 0.15) is 0 Å². The first-order valence-electron chi connectivity index (χ1n) is 7.22. The first-order chi connectivity index (χ1) is 9.87. The fourth-order valence-electron chi connectivity index (χ4n) is 2.60. The second-order valence-corrected chi connectivity index (χ2v) is 6.34. The van der Waals surface area contributed by atoms with Crippen LogP contribution in [0.15, 0.2) is 46.6 Å². The molecule has 0 unspecified atom stereocenters. The lowest BCUT2D eigenvalue weighted by molar-refractivity contribution is -0.117. The summed E-state index contributed by atoms with van der Waals surface area (Å²) in [5, 5.41) is 3.17. The van der Waals surface area contributed by atoms with E-state index in [1.165, 1.54) is 0 Å². The molecule has 4 nitrogen and oxygen atoms in total. The highest BCUT2D eigenvalue weighted by atomic mass is 16.1. The van der Waals surface area contributed by atoms with Crippen molar-refractivity contribution in [1.82, 2.24) is 5.32 Å². The van der Waals surface area contributed by atoms with Gasteiger partial charge in [-0.2, -0.15) is 0 Å². The van der Waals surface area contributed by atoms with E-state index in [9.17, 15) is 4.79 Å². The van der Waals surface area contributed by atoms with E-state index < -0.39 is 0 Å². The standard InChI is InChI=1S/C17H23N3O/c1-12-14(19-11-16(18)21)9-17(2,3)10-15(12)20-13-7-5-4-6-8-13/h4-8,19H,9-11H2,1-3H3,(H2,18,21). The molecule has 0 fully saturated rings. The summed E-state index contributed by atoms with van der Waals surface area (Å²) in [5.41, 5.74) is 9.57. The monoisotopic (exact) mass is 285 g/mol. The molecule has 0 saturated heterocycles. The number of benzene rings is 1. The van der Waals surface area contributed by atoms with Crippen molar-refractivity contribution < 1.29 is 4.79 Å². The molecule has 2 rings (SSSR count). The number of rotatable bonds is 4. The van der Waals surface area contributed by atoms with Gasteiger partial charge in [-0.05, 0) is 42.9 Å². The topological polar surface area (TPSA) is 67.5 Å². The zero-order chi connectivity index (χ0) is 15.5. The Morgan fingerprint density at radius 1 is 1.29 bits per heavy atom. The highest BCUT2D eigenvalue weighted by molar-refractivity contribution is 6.03. The van der Waals surface area contributed by atoms with Crippen molar-refractivity contribution >= 4 is 17.3 Å². The van der Waals surface area contributed by atoms with Crippen molar-refractivity contribution in [3.8, 4) is 0 Å². The molecule has 1 aromatic carbocycles. The number of hydrogen-bond donors (Lipinski definition) is 2. The minimum Gasteiger partial charge on any atom is -0.379 e. The molecule has 4 heteroatoms. The minimum absolute atomic E-state index is 0.118. The van der Waals surface area contributed by atoms with E-state index in [2.05, 4.69) is 26.1 Å². The third-order valence-electron chi connectivity index (χ3n) is 3.68. The van der Waals surface area contributed by atoms with Crippen LogP contribution in [0.2, 0.25) is 0 Å². The maximum atomic E-state index is 11.0. The van der Waals surface area contributed by atoms with Gasteiger partial charge in [0, 0.05) is 11.4 Å². The molecule has 1 aromatic rings. The minimum atomic E-state index is -0.347. The predicted octanol–water partition coefficient (Wildman–Crippen LogP) is 2.93. The first kappa shape index (κ1) is 15.3. The van der Waals surface area contributed by atoms with Gasteiger partial charge in [0.25, 0.3) is 0 Å². The number of nitrogens with zero attached hydrogens (tertiary/aromatic N) is 1. The number of amides is 1. The van der Waals surface area contributed by atoms with Gasteiger partial charge in [-0.25, -0.2) is 0 Å². The Morgan fingerprint density at radius 3 is 2.57 bits per heavy atom. The Balaban J connectivity index is 2.32.